The van der Waals surface area contributed by atoms with E-state index in [9.17, 15) is 4.79 Å². The second-order valence-corrected chi connectivity index (χ2v) is 6.82. The molecule has 7 heteroatoms. The smallest absolute Gasteiger partial charge is 0.253 e. The maximum absolute atomic E-state index is 12.6. The van der Waals surface area contributed by atoms with Gasteiger partial charge in [-0.15, -0.1) is 0 Å². The summed E-state index contributed by atoms with van der Waals surface area (Å²) in [5.74, 6) is 1.46. The molecule has 0 bridgehead atoms. The molecule has 0 spiro atoms. The fourth-order valence-electron chi connectivity index (χ4n) is 2.69. The molecule has 1 saturated heterocycles. The van der Waals surface area contributed by atoms with Crippen molar-refractivity contribution in [2.24, 2.45) is 0 Å². The van der Waals surface area contributed by atoms with Crippen molar-refractivity contribution in [3.63, 3.8) is 0 Å². The predicted molar refractivity (Wildman–Crippen MR) is 93.1 cm³/mol. The van der Waals surface area contributed by atoms with Crippen molar-refractivity contribution in [1.29, 1.82) is 0 Å². The van der Waals surface area contributed by atoms with Gasteiger partial charge in [-0.3, -0.25) is 4.79 Å². The molecule has 1 amide bonds. The first-order chi connectivity index (χ1) is 11.5. The largest absolute Gasteiger partial charge is 0.486 e. The highest BCUT2D eigenvalue weighted by Gasteiger charge is 2.22. The van der Waals surface area contributed by atoms with E-state index in [1.165, 1.54) is 0 Å². The Morgan fingerprint density at radius 2 is 2.33 bits per heavy atom. The summed E-state index contributed by atoms with van der Waals surface area (Å²) in [5.41, 5.74) is 1.38. The van der Waals surface area contributed by atoms with Gasteiger partial charge in [0.15, 0.2) is 0 Å². The number of aryl methyl sites for hydroxylation is 1. The van der Waals surface area contributed by atoms with Crippen LogP contribution in [-0.4, -0.2) is 41.6 Å². The van der Waals surface area contributed by atoms with E-state index in [0.717, 1.165) is 35.6 Å². The second kappa shape index (κ2) is 7.36. The highest BCUT2D eigenvalue weighted by molar-refractivity contribution is 9.10. The summed E-state index contributed by atoms with van der Waals surface area (Å²) in [6.07, 6.45) is 0. The van der Waals surface area contributed by atoms with Gasteiger partial charge in [0.2, 0.25) is 0 Å². The topological polar surface area (TPSA) is 67.6 Å². The number of aromatic nitrogens is 1. The van der Waals surface area contributed by atoms with Crippen LogP contribution in [0.1, 0.15) is 28.7 Å². The minimum absolute atomic E-state index is 0.0442. The summed E-state index contributed by atoms with van der Waals surface area (Å²) in [4.78, 5) is 14.5. The molecule has 1 N–H and O–H groups in total. The van der Waals surface area contributed by atoms with Gasteiger partial charge in [0.1, 0.15) is 23.8 Å². The van der Waals surface area contributed by atoms with Crippen molar-refractivity contribution >= 4 is 21.8 Å². The second-order valence-electron chi connectivity index (χ2n) is 5.97. The first-order valence-electron chi connectivity index (χ1n) is 7.90. The standard InChI is InChI=1S/C17H20BrN3O3/c1-11-9-21(6-5-19-11)17(22)13-3-4-16(15(18)8-13)23-10-14-7-12(2)24-20-14/h3-4,7-8,11,19H,5-6,9-10H2,1-2H3. The number of amides is 1. The van der Waals surface area contributed by atoms with Gasteiger partial charge in [0.25, 0.3) is 5.91 Å². The Balaban J connectivity index is 1.66. The van der Waals surface area contributed by atoms with Crippen molar-refractivity contribution < 1.29 is 14.1 Å². The van der Waals surface area contributed by atoms with Gasteiger partial charge >= 0.3 is 0 Å². The fourth-order valence-corrected chi connectivity index (χ4v) is 3.18. The first kappa shape index (κ1) is 17.0. The normalized spacial score (nSPS) is 17.8. The number of nitrogens with one attached hydrogen (secondary N) is 1. The van der Waals surface area contributed by atoms with E-state index in [-0.39, 0.29) is 5.91 Å². The number of hydrogen-bond donors (Lipinski definition) is 1. The highest BCUT2D eigenvalue weighted by Crippen LogP contribution is 2.27. The molecule has 1 aromatic carbocycles. The average Bonchev–Trinajstić information content (AvgIpc) is 2.98. The molecular weight excluding hydrogens is 374 g/mol. The van der Waals surface area contributed by atoms with Gasteiger partial charge in [-0.05, 0) is 48.0 Å². The molecule has 3 rings (SSSR count). The molecule has 24 heavy (non-hydrogen) atoms. The summed E-state index contributed by atoms with van der Waals surface area (Å²) < 4.78 is 11.5. The zero-order chi connectivity index (χ0) is 17.1. The first-order valence-corrected chi connectivity index (χ1v) is 8.69. The Hall–Kier alpha value is -1.86. The zero-order valence-electron chi connectivity index (χ0n) is 13.7. The lowest BCUT2D eigenvalue weighted by atomic mass is 10.1. The number of halogens is 1. The van der Waals surface area contributed by atoms with Crippen molar-refractivity contribution in [1.82, 2.24) is 15.4 Å². The average molecular weight is 394 g/mol. The SMILES string of the molecule is Cc1cc(COc2ccc(C(=O)N3CCNC(C)C3)cc2Br)no1. The number of piperazine rings is 1. The third-order valence-corrected chi connectivity index (χ3v) is 4.51. The molecule has 0 saturated carbocycles. The van der Waals surface area contributed by atoms with Gasteiger partial charge < -0.3 is 19.5 Å². The number of nitrogens with zero attached hydrogens (tertiary/aromatic N) is 2. The van der Waals surface area contributed by atoms with Gasteiger partial charge in [-0.2, -0.15) is 0 Å². The van der Waals surface area contributed by atoms with Crippen LogP contribution in [0.3, 0.4) is 0 Å². The number of ether oxygens (including phenoxy) is 1. The molecule has 0 radical (unpaired) electrons. The van der Waals surface area contributed by atoms with Crippen LogP contribution >= 0.6 is 15.9 Å². The van der Waals surface area contributed by atoms with Crippen LogP contribution in [0, 0.1) is 6.92 Å². The Kier molecular flexibility index (Phi) is 5.20. The van der Waals surface area contributed by atoms with Crippen molar-refractivity contribution in [2.75, 3.05) is 19.6 Å². The minimum Gasteiger partial charge on any atom is -0.486 e. The maximum Gasteiger partial charge on any atom is 0.253 e. The van der Waals surface area contributed by atoms with E-state index >= 15 is 0 Å². The quantitative estimate of drug-likeness (QED) is 0.864. The third-order valence-electron chi connectivity index (χ3n) is 3.89. The molecule has 128 valence electrons. The molecule has 1 aliphatic heterocycles. The number of rotatable bonds is 4. The number of carbonyl (C=O) groups is 1. The molecule has 2 aromatic rings. The molecule has 2 heterocycles. The monoisotopic (exact) mass is 393 g/mol. The number of hydrogen-bond acceptors (Lipinski definition) is 5. The molecular formula is C17H20BrN3O3. The summed E-state index contributed by atoms with van der Waals surface area (Å²) in [6, 6.07) is 7.55. The molecule has 1 unspecified atom stereocenters. The predicted octanol–water partition coefficient (Wildman–Crippen LogP) is 2.76. The molecule has 1 aliphatic rings. The number of carbonyl (C=O) groups excluding carboxylic acids is 1. The van der Waals surface area contributed by atoms with E-state index in [2.05, 4.69) is 33.3 Å². The molecule has 1 fully saturated rings. The molecule has 0 aliphatic carbocycles. The van der Waals surface area contributed by atoms with Crippen molar-refractivity contribution in [2.45, 2.75) is 26.5 Å². The lowest BCUT2D eigenvalue weighted by molar-refractivity contribution is 0.0709. The van der Waals surface area contributed by atoms with Gasteiger partial charge in [0, 0.05) is 37.3 Å². The summed E-state index contributed by atoms with van der Waals surface area (Å²) in [7, 11) is 0. The lowest BCUT2D eigenvalue weighted by Gasteiger charge is -2.32. The van der Waals surface area contributed by atoms with Gasteiger partial charge in [-0.25, -0.2) is 0 Å². The van der Waals surface area contributed by atoms with Crippen LogP contribution in [0.15, 0.2) is 33.3 Å². The molecule has 1 aromatic heterocycles. The lowest BCUT2D eigenvalue weighted by Crippen LogP contribution is -2.51. The third kappa shape index (κ3) is 3.96. The van der Waals surface area contributed by atoms with Crippen LogP contribution in [0.4, 0.5) is 0 Å². The van der Waals surface area contributed by atoms with E-state index in [1.807, 2.05) is 17.9 Å². The Bertz CT molecular complexity index is 732. The summed E-state index contributed by atoms with van der Waals surface area (Å²) >= 11 is 3.48. The number of benzene rings is 1. The summed E-state index contributed by atoms with van der Waals surface area (Å²) in [6.45, 7) is 6.51. The van der Waals surface area contributed by atoms with E-state index in [0.29, 0.717) is 24.0 Å². The Morgan fingerprint density at radius 1 is 1.50 bits per heavy atom. The van der Waals surface area contributed by atoms with E-state index in [4.69, 9.17) is 9.26 Å². The van der Waals surface area contributed by atoms with Crippen LogP contribution in [0.25, 0.3) is 0 Å². The van der Waals surface area contributed by atoms with Gasteiger partial charge in [0.05, 0.1) is 4.47 Å². The Labute approximate surface area is 149 Å². The highest BCUT2D eigenvalue weighted by atomic mass is 79.9. The van der Waals surface area contributed by atoms with Crippen LogP contribution in [-0.2, 0) is 6.61 Å². The van der Waals surface area contributed by atoms with E-state index < -0.39 is 0 Å². The zero-order valence-corrected chi connectivity index (χ0v) is 15.3. The summed E-state index contributed by atoms with van der Waals surface area (Å²) in [5, 5.41) is 7.23. The molecule has 6 nitrogen and oxygen atoms in total. The fraction of sp³-hybridized carbons (Fsp3) is 0.412. The van der Waals surface area contributed by atoms with Crippen molar-refractivity contribution in [3.05, 3.63) is 45.8 Å². The minimum atomic E-state index is 0.0442. The van der Waals surface area contributed by atoms with Crippen molar-refractivity contribution in [3.8, 4) is 5.75 Å². The molecule has 1 atom stereocenters. The van der Waals surface area contributed by atoms with Crippen LogP contribution < -0.4 is 10.1 Å². The van der Waals surface area contributed by atoms with Crippen LogP contribution in [0.2, 0.25) is 0 Å². The van der Waals surface area contributed by atoms with E-state index in [1.54, 1.807) is 18.2 Å². The maximum atomic E-state index is 12.6. The Morgan fingerprint density at radius 3 is 3.00 bits per heavy atom. The van der Waals surface area contributed by atoms with Gasteiger partial charge in [-0.1, -0.05) is 5.16 Å². The van der Waals surface area contributed by atoms with Crippen LogP contribution in [0.5, 0.6) is 5.75 Å².